The van der Waals surface area contributed by atoms with Gasteiger partial charge in [0.25, 0.3) is 0 Å². The maximum Gasteiger partial charge on any atom is 0.237 e. The fraction of sp³-hybridized carbons (Fsp3) is 0.0909. The fourth-order valence-electron chi connectivity index (χ4n) is 2.89. The van der Waals surface area contributed by atoms with Gasteiger partial charge in [0.15, 0.2) is 5.16 Å². The number of carbonyl (C=O) groups is 1. The lowest BCUT2D eigenvalue weighted by Gasteiger charge is -2.13. The molecule has 134 valence electrons. The number of rotatable bonds is 5. The van der Waals surface area contributed by atoms with Crippen molar-refractivity contribution in [1.82, 2.24) is 9.55 Å². The van der Waals surface area contributed by atoms with E-state index in [-0.39, 0.29) is 11.2 Å². The summed E-state index contributed by atoms with van der Waals surface area (Å²) in [7, 11) is 0. The lowest BCUT2D eigenvalue weighted by molar-refractivity contribution is -0.115. The van der Waals surface area contributed by atoms with Crippen LogP contribution in [0, 0.1) is 0 Å². The third kappa shape index (κ3) is 3.73. The highest BCUT2D eigenvalue weighted by molar-refractivity contribution is 8.00. The normalized spacial score (nSPS) is 12.0. The van der Waals surface area contributed by atoms with E-state index in [2.05, 4.69) is 9.88 Å². The van der Waals surface area contributed by atoms with Gasteiger partial charge < -0.3 is 5.32 Å². The number of thioether (sulfide) groups is 1. The van der Waals surface area contributed by atoms with E-state index < -0.39 is 0 Å². The summed E-state index contributed by atoms with van der Waals surface area (Å²) in [5, 5.41) is 3.47. The number of amides is 1. The van der Waals surface area contributed by atoms with Crippen molar-refractivity contribution in [3.8, 4) is 5.69 Å². The van der Waals surface area contributed by atoms with Gasteiger partial charge in [-0.2, -0.15) is 0 Å². The molecule has 1 unspecified atom stereocenters. The molecule has 0 fully saturated rings. The van der Waals surface area contributed by atoms with Gasteiger partial charge in [-0.3, -0.25) is 9.36 Å². The first kappa shape index (κ1) is 17.4. The highest BCUT2D eigenvalue weighted by Crippen LogP contribution is 2.30. The van der Waals surface area contributed by atoms with Gasteiger partial charge in [0.05, 0.1) is 16.3 Å². The van der Waals surface area contributed by atoms with Gasteiger partial charge >= 0.3 is 0 Å². The van der Waals surface area contributed by atoms with Crippen LogP contribution < -0.4 is 5.32 Å². The van der Waals surface area contributed by atoms with Crippen molar-refractivity contribution in [3.05, 3.63) is 84.9 Å². The Balaban J connectivity index is 1.64. The number of para-hydroxylation sites is 4. The van der Waals surface area contributed by atoms with Crippen LogP contribution in [-0.4, -0.2) is 20.7 Å². The summed E-state index contributed by atoms with van der Waals surface area (Å²) in [6.45, 7) is 1.90. The molecule has 0 bridgehead atoms. The summed E-state index contributed by atoms with van der Waals surface area (Å²) in [6.07, 6.45) is 0. The Bertz CT molecular complexity index is 1060. The minimum atomic E-state index is -0.288. The van der Waals surface area contributed by atoms with E-state index in [0.29, 0.717) is 0 Å². The van der Waals surface area contributed by atoms with Crippen LogP contribution in [-0.2, 0) is 4.79 Å². The molecule has 0 saturated carbocycles. The molecule has 5 heteroatoms. The number of fused-ring (bicyclic) bond motifs is 1. The van der Waals surface area contributed by atoms with Crippen LogP contribution in [0.15, 0.2) is 90.1 Å². The van der Waals surface area contributed by atoms with Crippen molar-refractivity contribution in [1.29, 1.82) is 0 Å². The van der Waals surface area contributed by atoms with E-state index in [1.54, 1.807) is 0 Å². The Morgan fingerprint density at radius 2 is 1.56 bits per heavy atom. The van der Waals surface area contributed by atoms with Crippen molar-refractivity contribution >= 4 is 34.4 Å². The summed E-state index contributed by atoms with van der Waals surface area (Å²) in [5.74, 6) is -0.0436. The van der Waals surface area contributed by atoms with E-state index in [4.69, 9.17) is 4.98 Å². The monoisotopic (exact) mass is 373 g/mol. The first-order valence-corrected chi connectivity index (χ1v) is 9.66. The number of imidazole rings is 1. The van der Waals surface area contributed by atoms with Crippen LogP contribution >= 0.6 is 11.8 Å². The number of aromatic nitrogens is 2. The molecule has 1 amide bonds. The van der Waals surface area contributed by atoms with Crippen molar-refractivity contribution in [2.75, 3.05) is 5.32 Å². The average Bonchev–Trinajstić information content (AvgIpc) is 3.07. The second-order valence-corrected chi connectivity index (χ2v) is 7.48. The van der Waals surface area contributed by atoms with Crippen LogP contribution in [0.4, 0.5) is 5.69 Å². The van der Waals surface area contributed by atoms with Crippen LogP contribution in [0.3, 0.4) is 0 Å². The molecule has 0 aliphatic rings. The van der Waals surface area contributed by atoms with E-state index in [9.17, 15) is 4.79 Å². The van der Waals surface area contributed by atoms with E-state index >= 15 is 0 Å². The molecular formula is C22H19N3OS. The molecule has 1 N–H and O–H groups in total. The summed E-state index contributed by atoms with van der Waals surface area (Å²) in [5.41, 5.74) is 3.78. The molecule has 4 nitrogen and oxygen atoms in total. The van der Waals surface area contributed by atoms with Gasteiger partial charge in [-0.15, -0.1) is 0 Å². The molecule has 1 atom stereocenters. The molecule has 1 aromatic heterocycles. The number of nitrogens with one attached hydrogen (secondary N) is 1. The van der Waals surface area contributed by atoms with Crippen LogP contribution in [0.2, 0.25) is 0 Å². The molecule has 4 aromatic rings. The molecule has 27 heavy (non-hydrogen) atoms. The zero-order valence-corrected chi connectivity index (χ0v) is 15.7. The Kier molecular flexibility index (Phi) is 4.94. The van der Waals surface area contributed by atoms with Gasteiger partial charge in [-0.05, 0) is 43.3 Å². The summed E-state index contributed by atoms with van der Waals surface area (Å²) in [4.78, 5) is 17.4. The second-order valence-electron chi connectivity index (χ2n) is 6.17. The number of nitrogens with zero attached hydrogens (tertiary/aromatic N) is 2. The first-order valence-electron chi connectivity index (χ1n) is 8.78. The van der Waals surface area contributed by atoms with Gasteiger partial charge in [-0.1, -0.05) is 60.3 Å². The second kappa shape index (κ2) is 7.68. The lowest BCUT2D eigenvalue weighted by Crippen LogP contribution is -2.22. The zero-order valence-electron chi connectivity index (χ0n) is 14.9. The topological polar surface area (TPSA) is 46.9 Å². The Labute approximate surface area is 162 Å². The minimum absolute atomic E-state index is 0.0436. The number of benzene rings is 3. The van der Waals surface area contributed by atoms with Crippen molar-refractivity contribution in [2.24, 2.45) is 0 Å². The Morgan fingerprint density at radius 3 is 2.30 bits per heavy atom. The average molecular weight is 373 g/mol. The standard InChI is InChI=1S/C22H19N3OS/c1-16(21(26)23-17-10-4-2-5-11-17)27-22-24-19-14-8-9-15-20(19)25(22)18-12-6-3-7-13-18/h2-16H,1H3,(H,23,26). The highest BCUT2D eigenvalue weighted by atomic mass is 32.2. The van der Waals surface area contributed by atoms with Crippen LogP contribution in [0.5, 0.6) is 0 Å². The molecule has 1 heterocycles. The molecule has 4 rings (SSSR count). The van der Waals surface area contributed by atoms with Gasteiger partial charge in [0, 0.05) is 11.4 Å². The van der Waals surface area contributed by atoms with Gasteiger partial charge in [0.2, 0.25) is 5.91 Å². The van der Waals surface area contributed by atoms with Gasteiger partial charge in [0.1, 0.15) is 0 Å². The van der Waals surface area contributed by atoms with Crippen LogP contribution in [0.1, 0.15) is 6.92 Å². The summed E-state index contributed by atoms with van der Waals surface area (Å²) < 4.78 is 2.10. The Morgan fingerprint density at radius 1 is 0.926 bits per heavy atom. The molecular weight excluding hydrogens is 354 g/mol. The maximum atomic E-state index is 12.6. The third-order valence-electron chi connectivity index (χ3n) is 4.24. The molecule has 0 aliphatic carbocycles. The minimum Gasteiger partial charge on any atom is -0.325 e. The van der Waals surface area contributed by atoms with Crippen LogP contribution in [0.25, 0.3) is 16.7 Å². The van der Waals surface area contributed by atoms with E-state index in [1.807, 2.05) is 91.9 Å². The molecule has 0 aliphatic heterocycles. The zero-order chi connectivity index (χ0) is 18.6. The number of anilines is 1. The maximum absolute atomic E-state index is 12.6. The van der Waals surface area contributed by atoms with Crippen molar-refractivity contribution in [2.45, 2.75) is 17.3 Å². The highest BCUT2D eigenvalue weighted by Gasteiger charge is 2.20. The number of carbonyl (C=O) groups excluding carboxylic acids is 1. The smallest absolute Gasteiger partial charge is 0.237 e. The predicted octanol–water partition coefficient (Wildman–Crippen LogP) is 5.14. The molecule has 3 aromatic carbocycles. The number of hydrogen-bond acceptors (Lipinski definition) is 3. The predicted molar refractivity (Wildman–Crippen MR) is 111 cm³/mol. The quantitative estimate of drug-likeness (QED) is 0.493. The van der Waals surface area contributed by atoms with Crippen molar-refractivity contribution in [3.63, 3.8) is 0 Å². The number of hydrogen-bond donors (Lipinski definition) is 1. The van der Waals surface area contributed by atoms with E-state index in [1.165, 1.54) is 11.8 Å². The summed E-state index contributed by atoms with van der Waals surface area (Å²) >= 11 is 1.46. The summed E-state index contributed by atoms with van der Waals surface area (Å²) in [6, 6.07) is 27.6. The first-order chi connectivity index (χ1) is 13.2. The Hall–Kier alpha value is -3.05. The van der Waals surface area contributed by atoms with Gasteiger partial charge in [-0.25, -0.2) is 4.98 Å². The molecule has 0 saturated heterocycles. The van der Waals surface area contributed by atoms with Crippen molar-refractivity contribution < 1.29 is 4.79 Å². The molecule has 0 spiro atoms. The fourth-order valence-corrected chi connectivity index (χ4v) is 3.83. The third-order valence-corrected chi connectivity index (χ3v) is 5.29. The lowest BCUT2D eigenvalue weighted by atomic mass is 10.3. The SMILES string of the molecule is CC(Sc1nc2ccccc2n1-c1ccccc1)C(=O)Nc1ccccc1. The van der Waals surface area contributed by atoms with E-state index in [0.717, 1.165) is 27.6 Å². The largest absolute Gasteiger partial charge is 0.325 e. The molecule has 0 radical (unpaired) electrons.